The zero-order chi connectivity index (χ0) is 31.5. The Morgan fingerprint density at radius 3 is 0.978 bits per heavy atom. The van der Waals surface area contributed by atoms with Crippen molar-refractivity contribution < 1.29 is 28.8 Å². The van der Waals surface area contributed by atoms with Gasteiger partial charge in [0.2, 0.25) is 0 Å². The van der Waals surface area contributed by atoms with Crippen LogP contribution in [0.15, 0.2) is 72.8 Å². The van der Waals surface area contributed by atoms with Crippen LogP contribution in [0.4, 0.5) is 0 Å². The van der Waals surface area contributed by atoms with Crippen molar-refractivity contribution in [1.82, 2.24) is 14.7 Å². The Kier molecular flexibility index (Phi) is 9.43. The van der Waals surface area contributed by atoms with Crippen LogP contribution >= 0.6 is 35.3 Å². The fourth-order valence-corrected chi connectivity index (χ4v) is 9.36. The first kappa shape index (κ1) is 31.1. The fraction of sp³-hybridized carbons (Fsp3) is 0.273. The number of carbonyl (C=O) groups is 6. The summed E-state index contributed by atoms with van der Waals surface area (Å²) in [5, 5.41) is 0.125. The third-order valence-corrected chi connectivity index (χ3v) is 11.7. The molecule has 3 heterocycles. The quantitative estimate of drug-likeness (QED) is 0.183. The highest BCUT2D eigenvalue weighted by Crippen LogP contribution is 2.28. The van der Waals surface area contributed by atoms with Crippen molar-refractivity contribution in [3.8, 4) is 0 Å². The van der Waals surface area contributed by atoms with Gasteiger partial charge in [0.15, 0.2) is 0 Å². The predicted molar refractivity (Wildman–Crippen MR) is 176 cm³/mol. The zero-order valence-corrected chi connectivity index (χ0v) is 26.6. The van der Waals surface area contributed by atoms with E-state index in [-0.39, 0.29) is 47.2 Å². The Morgan fingerprint density at radius 2 is 0.689 bits per heavy atom. The molecule has 3 aromatic carbocycles. The summed E-state index contributed by atoms with van der Waals surface area (Å²) >= 11 is 4.92. The van der Waals surface area contributed by atoms with Gasteiger partial charge in [-0.15, -0.1) is 0 Å². The molecule has 3 aromatic rings. The summed E-state index contributed by atoms with van der Waals surface area (Å²) in [6, 6.07) is 20.5. The highest BCUT2D eigenvalue weighted by molar-refractivity contribution is 8.05. The lowest BCUT2D eigenvalue weighted by atomic mass is 10.1. The maximum Gasteiger partial charge on any atom is 0.261 e. The molecule has 230 valence electrons. The van der Waals surface area contributed by atoms with E-state index in [2.05, 4.69) is 0 Å². The van der Waals surface area contributed by atoms with E-state index >= 15 is 0 Å². The highest BCUT2D eigenvalue weighted by atomic mass is 32.2. The molecule has 0 bridgehead atoms. The number of nitrogens with zero attached hydrogens (tertiary/aromatic N) is 3. The average molecular weight is 660 g/mol. The number of fused-ring (bicyclic) bond motifs is 3. The molecule has 0 unspecified atom stereocenters. The van der Waals surface area contributed by atoms with Gasteiger partial charge >= 0.3 is 0 Å². The van der Waals surface area contributed by atoms with Crippen LogP contribution in [0, 0.1) is 0 Å². The average Bonchev–Trinajstić information content (AvgIpc) is 3.56. The normalized spacial score (nSPS) is 15.5. The highest BCUT2D eigenvalue weighted by Gasteiger charge is 2.37. The molecule has 0 saturated heterocycles. The van der Waals surface area contributed by atoms with Crippen LogP contribution in [-0.4, -0.2) is 104 Å². The molecule has 6 rings (SSSR count). The van der Waals surface area contributed by atoms with Crippen molar-refractivity contribution in [3.63, 3.8) is 0 Å². The van der Waals surface area contributed by atoms with E-state index in [1.54, 1.807) is 108 Å². The molecule has 3 aliphatic rings. The number of hydrogen-bond acceptors (Lipinski definition) is 9. The first-order valence-corrected chi connectivity index (χ1v) is 17.9. The zero-order valence-electron chi connectivity index (χ0n) is 24.2. The number of carbonyl (C=O) groups excluding carboxylic acids is 6. The molecule has 45 heavy (non-hydrogen) atoms. The summed E-state index contributed by atoms with van der Waals surface area (Å²) in [4.78, 5) is 80.3. The lowest BCUT2D eigenvalue weighted by molar-refractivity contribution is 0.0648. The monoisotopic (exact) mass is 659 g/mol. The van der Waals surface area contributed by atoms with E-state index in [9.17, 15) is 28.8 Å². The molecule has 0 spiro atoms. The lowest BCUT2D eigenvalue weighted by Crippen LogP contribution is -2.33. The maximum atomic E-state index is 12.8. The summed E-state index contributed by atoms with van der Waals surface area (Å²) in [5.41, 5.74) is 2.59. The van der Waals surface area contributed by atoms with Crippen LogP contribution < -0.4 is 0 Å². The molecule has 0 aliphatic carbocycles. The van der Waals surface area contributed by atoms with Crippen molar-refractivity contribution in [3.05, 3.63) is 106 Å². The molecule has 0 N–H and O–H groups in total. The minimum Gasteiger partial charge on any atom is -0.274 e. The van der Waals surface area contributed by atoms with Crippen molar-refractivity contribution in [1.29, 1.82) is 0 Å². The maximum absolute atomic E-state index is 12.8. The van der Waals surface area contributed by atoms with Crippen LogP contribution in [0.3, 0.4) is 0 Å². The van der Waals surface area contributed by atoms with Crippen LogP contribution in [0.1, 0.15) is 62.1 Å². The molecule has 0 saturated carbocycles. The minimum atomic E-state index is -0.279. The number of imide groups is 3. The Bertz CT molecular complexity index is 1520. The summed E-state index contributed by atoms with van der Waals surface area (Å²) in [7, 11) is 0. The molecule has 0 radical (unpaired) electrons. The first-order valence-electron chi connectivity index (χ1n) is 14.5. The Balaban J connectivity index is 1.01. The topological polar surface area (TPSA) is 112 Å². The second-order valence-electron chi connectivity index (χ2n) is 10.6. The molecule has 0 atom stereocenters. The van der Waals surface area contributed by atoms with Crippen LogP contribution in [0.5, 0.6) is 0 Å². The minimum absolute atomic E-state index is 0.125. The van der Waals surface area contributed by atoms with Crippen molar-refractivity contribution in [2.45, 2.75) is 5.25 Å². The van der Waals surface area contributed by atoms with E-state index in [0.29, 0.717) is 63.7 Å². The third-order valence-electron chi connectivity index (χ3n) is 7.83. The second kappa shape index (κ2) is 13.6. The van der Waals surface area contributed by atoms with E-state index in [0.717, 1.165) is 11.5 Å². The molecular formula is C33H29N3O6S3. The molecular weight excluding hydrogens is 631 g/mol. The summed E-state index contributed by atoms with van der Waals surface area (Å²) in [5.74, 6) is 1.48. The van der Waals surface area contributed by atoms with Crippen LogP contribution in [0.2, 0.25) is 0 Å². The number of hydrogen-bond donors (Lipinski definition) is 0. The molecule has 0 aromatic heterocycles. The number of benzene rings is 3. The second-order valence-corrected chi connectivity index (χ2v) is 14.3. The summed E-state index contributed by atoms with van der Waals surface area (Å²) < 4.78 is 0. The first-order chi connectivity index (χ1) is 21.9. The van der Waals surface area contributed by atoms with Gasteiger partial charge < -0.3 is 0 Å². The number of amides is 6. The van der Waals surface area contributed by atoms with E-state index < -0.39 is 0 Å². The number of rotatable bonds is 14. The van der Waals surface area contributed by atoms with Gasteiger partial charge in [-0.1, -0.05) is 36.4 Å². The van der Waals surface area contributed by atoms with Gasteiger partial charge in [-0.25, -0.2) is 0 Å². The molecule has 0 fully saturated rings. The van der Waals surface area contributed by atoms with Crippen LogP contribution in [-0.2, 0) is 0 Å². The van der Waals surface area contributed by atoms with Gasteiger partial charge in [-0.05, 0) is 36.4 Å². The van der Waals surface area contributed by atoms with Gasteiger partial charge in [-0.3, -0.25) is 43.5 Å². The van der Waals surface area contributed by atoms with Crippen molar-refractivity contribution >= 4 is 70.7 Å². The predicted octanol–water partition coefficient (Wildman–Crippen LogP) is 4.44. The largest absolute Gasteiger partial charge is 0.274 e. The van der Waals surface area contributed by atoms with Gasteiger partial charge in [-0.2, -0.15) is 35.3 Å². The van der Waals surface area contributed by atoms with Gasteiger partial charge in [0.05, 0.1) is 33.4 Å². The van der Waals surface area contributed by atoms with E-state index in [4.69, 9.17) is 0 Å². The summed E-state index contributed by atoms with van der Waals surface area (Å²) in [6.45, 7) is 0.888. The Morgan fingerprint density at radius 1 is 0.422 bits per heavy atom. The standard InChI is InChI=1S/C33H29N3O6S3/c37-28-22-7-1-2-8-23(22)29(38)34(28)13-16-43-19-21(45-18-15-36-32(41)26-11-5-6-12-27(26)33(36)42)20-44-17-14-35-30(39)24-9-3-4-10-25(24)31(35)40/h1-12,21H,13-20H2. The molecule has 3 aliphatic heterocycles. The van der Waals surface area contributed by atoms with Crippen molar-refractivity contribution in [2.75, 3.05) is 48.4 Å². The van der Waals surface area contributed by atoms with Gasteiger partial charge in [0.25, 0.3) is 35.4 Å². The fourth-order valence-electron chi connectivity index (χ4n) is 5.52. The smallest absolute Gasteiger partial charge is 0.261 e. The SMILES string of the molecule is O=C1c2ccccc2C(=O)N1CCSCC(CSCCN1C(=O)c2ccccc2C1=O)SCCN1C(=O)c2ccccc2C1=O. The van der Waals surface area contributed by atoms with Gasteiger partial charge in [0, 0.05) is 53.6 Å². The third kappa shape index (κ3) is 6.18. The Labute approximate surface area is 273 Å². The van der Waals surface area contributed by atoms with Gasteiger partial charge in [0.1, 0.15) is 0 Å². The summed E-state index contributed by atoms with van der Waals surface area (Å²) in [6.07, 6.45) is 0. The number of thioether (sulfide) groups is 3. The molecule has 12 heteroatoms. The van der Waals surface area contributed by atoms with E-state index in [1.165, 1.54) is 14.7 Å². The Hall–Kier alpha value is -3.87. The van der Waals surface area contributed by atoms with E-state index in [1.807, 2.05) is 0 Å². The molecule has 9 nitrogen and oxygen atoms in total. The lowest BCUT2D eigenvalue weighted by Gasteiger charge is -2.20. The molecule has 6 amide bonds. The van der Waals surface area contributed by atoms with Crippen molar-refractivity contribution in [2.24, 2.45) is 0 Å². The van der Waals surface area contributed by atoms with Crippen LogP contribution in [0.25, 0.3) is 0 Å².